The van der Waals surface area contributed by atoms with Gasteiger partial charge in [0, 0.05) is 5.02 Å². The van der Waals surface area contributed by atoms with Crippen LogP contribution in [-0.4, -0.2) is 5.91 Å². The molecule has 0 unspecified atom stereocenters. The number of benzene rings is 2. The average molecular weight is 306 g/mol. The molecule has 2 nitrogen and oxygen atoms in total. The molecule has 4 heteroatoms. The van der Waals surface area contributed by atoms with Gasteiger partial charge in [-0.15, -0.1) is 0 Å². The summed E-state index contributed by atoms with van der Waals surface area (Å²) in [7, 11) is 0. The molecule has 2 aromatic rings. The Hall–Kier alpha value is -1.87. The van der Waals surface area contributed by atoms with E-state index in [-0.39, 0.29) is 18.4 Å². The molecule has 21 heavy (non-hydrogen) atoms. The van der Waals surface area contributed by atoms with Crippen LogP contribution in [0.25, 0.3) is 0 Å². The van der Waals surface area contributed by atoms with Gasteiger partial charge in [0.1, 0.15) is 5.82 Å². The maximum Gasteiger partial charge on any atom is 0.225 e. The zero-order valence-electron chi connectivity index (χ0n) is 12.0. The fourth-order valence-corrected chi connectivity index (χ4v) is 2.23. The van der Waals surface area contributed by atoms with Crippen LogP contribution in [-0.2, 0) is 11.2 Å². The molecule has 110 valence electrons. The van der Waals surface area contributed by atoms with Crippen molar-refractivity contribution in [3.8, 4) is 0 Å². The highest BCUT2D eigenvalue weighted by atomic mass is 35.5. The van der Waals surface area contributed by atoms with E-state index in [1.54, 1.807) is 6.07 Å². The first kappa shape index (κ1) is 15.5. The monoisotopic (exact) mass is 305 g/mol. The van der Waals surface area contributed by atoms with E-state index >= 15 is 0 Å². The molecule has 0 saturated heterocycles. The molecule has 0 aliphatic rings. The Kier molecular flexibility index (Phi) is 4.97. The van der Waals surface area contributed by atoms with E-state index in [4.69, 9.17) is 11.6 Å². The van der Waals surface area contributed by atoms with Crippen molar-refractivity contribution in [3.05, 3.63) is 70.0 Å². The van der Waals surface area contributed by atoms with E-state index in [9.17, 15) is 9.18 Å². The minimum atomic E-state index is -0.458. The number of aryl methyl sites for hydroxylation is 1. The van der Waals surface area contributed by atoms with Gasteiger partial charge >= 0.3 is 0 Å². The van der Waals surface area contributed by atoms with Crippen molar-refractivity contribution in [3.63, 3.8) is 0 Å². The molecule has 2 rings (SSSR count). The Bertz CT molecular complexity index is 640. The van der Waals surface area contributed by atoms with E-state index < -0.39 is 5.82 Å². The first-order valence-electron chi connectivity index (χ1n) is 6.75. The van der Waals surface area contributed by atoms with E-state index in [1.165, 1.54) is 17.7 Å². The second-order valence-corrected chi connectivity index (χ2v) is 5.55. The van der Waals surface area contributed by atoms with Gasteiger partial charge in [-0.05, 0) is 37.1 Å². The van der Waals surface area contributed by atoms with Crippen LogP contribution >= 0.6 is 11.6 Å². The number of carbonyl (C=O) groups excluding carboxylic acids is 1. The minimum Gasteiger partial charge on any atom is -0.349 e. The predicted molar refractivity (Wildman–Crippen MR) is 82.9 cm³/mol. The van der Waals surface area contributed by atoms with Crippen molar-refractivity contribution in [2.75, 3.05) is 0 Å². The fraction of sp³-hybridized carbons (Fsp3) is 0.235. The van der Waals surface area contributed by atoms with Crippen LogP contribution in [0.2, 0.25) is 5.02 Å². The van der Waals surface area contributed by atoms with Gasteiger partial charge in [-0.2, -0.15) is 0 Å². The normalized spacial score (nSPS) is 12.0. The Labute approximate surface area is 128 Å². The topological polar surface area (TPSA) is 29.1 Å². The van der Waals surface area contributed by atoms with Crippen LogP contribution in [0.5, 0.6) is 0 Å². The maximum atomic E-state index is 13.7. The molecule has 1 amide bonds. The summed E-state index contributed by atoms with van der Waals surface area (Å²) < 4.78 is 13.7. The molecule has 1 atom stereocenters. The first-order valence-corrected chi connectivity index (χ1v) is 7.13. The quantitative estimate of drug-likeness (QED) is 0.901. The van der Waals surface area contributed by atoms with Gasteiger partial charge in [0.2, 0.25) is 5.91 Å². The molecule has 2 aromatic carbocycles. The van der Waals surface area contributed by atoms with E-state index in [2.05, 4.69) is 5.32 Å². The number of nitrogens with one attached hydrogen (secondary N) is 1. The summed E-state index contributed by atoms with van der Waals surface area (Å²) in [6.07, 6.45) is -0.000790. The standard InChI is InChI=1S/C17H17ClFNO/c1-11-3-5-13(6-4-11)12(2)20-17(21)9-14-7-8-15(18)10-16(14)19/h3-8,10,12H,9H2,1-2H3,(H,20,21)/t12-/m1/s1. The van der Waals surface area contributed by atoms with Gasteiger partial charge in [-0.3, -0.25) is 4.79 Å². The summed E-state index contributed by atoms with van der Waals surface area (Å²) in [6.45, 7) is 3.91. The predicted octanol–water partition coefficient (Wildman–Crippen LogP) is 4.21. The molecule has 0 spiro atoms. The van der Waals surface area contributed by atoms with Gasteiger partial charge in [-0.1, -0.05) is 47.5 Å². The number of carbonyl (C=O) groups is 1. The summed E-state index contributed by atoms with van der Waals surface area (Å²) >= 11 is 5.69. The van der Waals surface area contributed by atoms with Crippen LogP contribution in [0.4, 0.5) is 4.39 Å². The molecule has 0 radical (unpaired) electrons. The zero-order valence-corrected chi connectivity index (χ0v) is 12.7. The SMILES string of the molecule is Cc1ccc([C@@H](C)NC(=O)Cc2ccc(Cl)cc2F)cc1. The molecule has 1 N–H and O–H groups in total. The van der Waals surface area contributed by atoms with E-state index in [1.807, 2.05) is 38.1 Å². The van der Waals surface area contributed by atoms with Crippen molar-refractivity contribution in [2.24, 2.45) is 0 Å². The zero-order chi connectivity index (χ0) is 15.4. The number of amides is 1. The van der Waals surface area contributed by atoms with Crippen LogP contribution < -0.4 is 5.32 Å². The summed E-state index contributed by atoms with van der Waals surface area (Å²) in [5, 5.41) is 3.19. The minimum absolute atomic E-state index is 0.000790. The second kappa shape index (κ2) is 6.72. The smallest absolute Gasteiger partial charge is 0.225 e. The van der Waals surface area contributed by atoms with Gasteiger partial charge in [0.05, 0.1) is 12.5 Å². The molecular formula is C17H17ClFNO. The number of hydrogen-bond acceptors (Lipinski definition) is 1. The van der Waals surface area contributed by atoms with Crippen molar-refractivity contribution in [1.82, 2.24) is 5.32 Å². The second-order valence-electron chi connectivity index (χ2n) is 5.11. The lowest BCUT2D eigenvalue weighted by Gasteiger charge is -2.15. The third-order valence-corrected chi connectivity index (χ3v) is 3.56. The molecular weight excluding hydrogens is 289 g/mol. The van der Waals surface area contributed by atoms with Crippen molar-refractivity contribution < 1.29 is 9.18 Å². The lowest BCUT2D eigenvalue weighted by Crippen LogP contribution is -2.28. The number of hydrogen-bond donors (Lipinski definition) is 1. The van der Waals surface area contributed by atoms with Crippen LogP contribution in [0.1, 0.15) is 29.7 Å². The average Bonchev–Trinajstić information content (AvgIpc) is 2.42. The molecule has 0 saturated carbocycles. The van der Waals surface area contributed by atoms with Gasteiger partial charge in [-0.25, -0.2) is 4.39 Å². The Morgan fingerprint density at radius 3 is 2.52 bits per heavy atom. The number of halogens is 2. The molecule has 0 aliphatic carbocycles. The molecule has 0 bridgehead atoms. The molecule has 0 fully saturated rings. The largest absolute Gasteiger partial charge is 0.349 e. The highest BCUT2D eigenvalue weighted by Gasteiger charge is 2.12. The van der Waals surface area contributed by atoms with Crippen LogP contribution in [0.3, 0.4) is 0 Å². The fourth-order valence-electron chi connectivity index (χ4n) is 2.07. The third-order valence-electron chi connectivity index (χ3n) is 3.32. The molecule has 0 heterocycles. The van der Waals surface area contributed by atoms with Crippen molar-refractivity contribution >= 4 is 17.5 Å². The Morgan fingerprint density at radius 2 is 1.90 bits per heavy atom. The highest BCUT2D eigenvalue weighted by molar-refractivity contribution is 6.30. The van der Waals surface area contributed by atoms with Gasteiger partial charge < -0.3 is 5.32 Å². The molecule has 0 aliphatic heterocycles. The summed E-state index contributed by atoms with van der Waals surface area (Å²) in [4.78, 5) is 12.0. The Balaban J connectivity index is 1.99. The lowest BCUT2D eigenvalue weighted by atomic mass is 10.1. The molecule has 0 aromatic heterocycles. The number of rotatable bonds is 4. The van der Waals surface area contributed by atoms with E-state index in [0.29, 0.717) is 10.6 Å². The van der Waals surface area contributed by atoms with Crippen molar-refractivity contribution in [2.45, 2.75) is 26.3 Å². The highest BCUT2D eigenvalue weighted by Crippen LogP contribution is 2.16. The van der Waals surface area contributed by atoms with E-state index in [0.717, 1.165) is 5.56 Å². The lowest BCUT2D eigenvalue weighted by molar-refractivity contribution is -0.121. The van der Waals surface area contributed by atoms with Crippen LogP contribution in [0.15, 0.2) is 42.5 Å². The van der Waals surface area contributed by atoms with Gasteiger partial charge in [0.25, 0.3) is 0 Å². The maximum absolute atomic E-state index is 13.7. The Morgan fingerprint density at radius 1 is 1.24 bits per heavy atom. The summed E-state index contributed by atoms with van der Waals surface area (Å²) in [6, 6.07) is 12.2. The van der Waals surface area contributed by atoms with Crippen molar-refractivity contribution in [1.29, 1.82) is 0 Å². The van der Waals surface area contributed by atoms with Crippen LogP contribution in [0, 0.1) is 12.7 Å². The summed E-state index contributed by atoms with van der Waals surface area (Å²) in [5.41, 5.74) is 2.53. The first-order chi connectivity index (χ1) is 9.95. The van der Waals surface area contributed by atoms with Gasteiger partial charge in [0.15, 0.2) is 0 Å². The summed E-state index contributed by atoms with van der Waals surface area (Å²) in [5.74, 6) is -0.676. The third kappa shape index (κ3) is 4.30.